The Labute approximate surface area is 99.7 Å². The van der Waals surface area contributed by atoms with E-state index < -0.39 is 5.91 Å². The monoisotopic (exact) mass is 229 g/mol. The van der Waals surface area contributed by atoms with Crippen LogP contribution in [0.1, 0.15) is 24.3 Å². The summed E-state index contributed by atoms with van der Waals surface area (Å²) >= 11 is 0. The van der Waals surface area contributed by atoms with Crippen molar-refractivity contribution in [2.45, 2.75) is 20.4 Å². The Kier molecular flexibility index (Phi) is 2.95. The predicted molar refractivity (Wildman–Crippen MR) is 67.7 cm³/mol. The average Bonchev–Trinajstić information content (AvgIpc) is 2.65. The first-order valence-electron chi connectivity index (χ1n) is 5.48. The Morgan fingerprint density at radius 1 is 1.41 bits per heavy atom. The second-order valence-corrected chi connectivity index (χ2v) is 4.19. The lowest BCUT2D eigenvalue weighted by molar-refractivity contribution is 0.0996. The van der Waals surface area contributed by atoms with E-state index in [2.05, 4.69) is 11.2 Å². The van der Waals surface area contributed by atoms with Crippen molar-refractivity contribution in [1.82, 2.24) is 9.78 Å². The van der Waals surface area contributed by atoms with Crippen molar-refractivity contribution in [3.05, 3.63) is 41.6 Å². The molecule has 2 N–H and O–H groups in total. The van der Waals surface area contributed by atoms with E-state index in [0.717, 1.165) is 10.9 Å². The molecule has 0 aliphatic rings. The molecule has 0 saturated carbocycles. The molecule has 17 heavy (non-hydrogen) atoms. The number of allylic oxidation sites excluding steroid dienone is 2. The summed E-state index contributed by atoms with van der Waals surface area (Å²) in [5.74, 6) is -0.489. The summed E-state index contributed by atoms with van der Waals surface area (Å²) in [5.41, 5.74) is 7.80. The fraction of sp³-hybridized carbons (Fsp3) is 0.231. The number of aromatic nitrogens is 2. The van der Waals surface area contributed by atoms with Crippen LogP contribution in [-0.2, 0) is 6.54 Å². The molecule has 1 amide bonds. The third kappa shape index (κ3) is 2.20. The number of carbonyl (C=O) groups excluding carboxylic acids is 1. The lowest BCUT2D eigenvalue weighted by atomic mass is 10.2. The van der Waals surface area contributed by atoms with E-state index in [-0.39, 0.29) is 0 Å². The number of hydrogen-bond acceptors (Lipinski definition) is 2. The Morgan fingerprint density at radius 2 is 2.12 bits per heavy atom. The molecule has 2 rings (SSSR count). The zero-order chi connectivity index (χ0) is 12.4. The minimum atomic E-state index is -0.489. The zero-order valence-electron chi connectivity index (χ0n) is 9.97. The minimum Gasteiger partial charge on any atom is -0.364 e. The Balaban J connectivity index is 2.56. The van der Waals surface area contributed by atoms with Gasteiger partial charge in [0.25, 0.3) is 5.91 Å². The van der Waals surface area contributed by atoms with Gasteiger partial charge in [-0.3, -0.25) is 9.48 Å². The summed E-state index contributed by atoms with van der Waals surface area (Å²) < 4.78 is 1.79. The van der Waals surface area contributed by atoms with Gasteiger partial charge >= 0.3 is 0 Å². The number of carbonyl (C=O) groups is 1. The van der Waals surface area contributed by atoms with Crippen LogP contribution in [-0.4, -0.2) is 15.7 Å². The van der Waals surface area contributed by atoms with Crippen LogP contribution < -0.4 is 5.73 Å². The lowest BCUT2D eigenvalue weighted by Gasteiger charge is -1.98. The molecule has 0 fully saturated rings. The van der Waals surface area contributed by atoms with Crippen LogP contribution in [0.4, 0.5) is 0 Å². The molecule has 4 nitrogen and oxygen atoms in total. The van der Waals surface area contributed by atoms with E-state index in [1.807, 2.05) is 38.1 Å². The number of benzene rings is 1. The number of amides is 1. The van der Waals surface area contributed by atoms with Gasteiger partial charge in [-0.1, -0.05) is 29.8 Å². The zero-order valence-corrected chi connectivity index (χ0v) is 9.97. The maximum absolute atomic E-state index is 11.3. The van der Waals surface area contributed by atoms with Gasteiger partial charge in [-0.2, -0.15) is 5.10 Å². The van der Waals surface area contributed by atoms with Crippen molar-refractivity contribution in [2.24, 2.45) is 5.73 Å². The molecule has 0 saturated heterocycles. The molecule has 0 bridgehead atoms. The first kappa shape index (κ1) is 11.4. The molecule has 0 atom stereocenters. The Hall–Kier alpha value is -2.10. The number of nitrogens with zero attached hydrogens (tertiary/aromatic N) is 2. The number of hydrogen-bond donors (Lipinski definition) is 1. The van der Waals surface area contributed by atoms with Crippen molar-refractivity contribution in [3.63, 3.8) is 0 Å². The number of primary amides is 1. The average molecular weight is 229 g/mol. The topological polar surface area (TPSA) is 60.9 Å². The molecule has 88 valence electrons. The van der Waals surface area contributed by atoms with E-state index in [1.54, 1.807) is 4.68 Å². The maximum atomic E-state index is 11.3. The van der Waals surface area contributed by atoms with Gasteiger partial charge in [0.1, 0.15) is 0 Å². The van der Waals surface area contributed by atoms with E-state index in [9.17, 15) is 4.79 Å². The third-order valence-electron chi connectivity index (χ3n) is 2.56. The highest BCUT2D eigenvalue weighted by atomic mass is 16.1. The van der Waals surface area contributed by atoms with Crippen LogP contribution in [0.2, 0.25) is 0 Å². The molecule has 0 unspecified atom stereocenters. The van der Waals surface area contributed by atoms with Gasteiger partial charge in [-0.05, 0) is 19.9 Å². The van der Waals surface area contributed by atoms with Gasteiger partial charge in [0.15, 0.2) is 5.69 Å². The third-order valence-corrected chi connectivity index (χ3v) is 2.56. The molecule has 1 aromatic heterocycles. The second kappa shape index (κ2) is 4.41. The highest BCUT2D eigenvalue weighted by Gasteiger charge is 2.13. The first-order chi connectivity index (χ1) is 8.09. The fourth-order valence-electron chi connectivity index (χ4n) is 1.72. The molecule has 0 radical (unpaired) electrons. The smallest absolute Gasteiger partial charge is 0.269 e. The molecule has 1 heterocycles. The summed E-state index contributed by atoms with van der Waals surface area (Å²) in [7, 11) is 0. The molecule has 0 aliphatic heterocycles. The second-order valence-electron chi connectivity index (χ2n) is 4.19. The van der Waals surface area contributed by atoms with E-state index in [1.165, 1.54) is 5.57 Å². The summed E-state index contributed by atoms with van der Waals surface area (Å²) in [5, 5.41) is 5.07. The van der Waals surface area contributed by atoms with Crippen LogP contribution in [0.5, 0.6) is 0 Å². The highest BCUT2D eigenvalue weighted by molar-refractivity contribution is 6.04. The molecule has 2 aromatic rings. The van der Waals surface area contributed by atoms with Crippen LogP contribution in [0.25, 0.3) is 10.9 Å². The first-order valence-corrected chi connectivity index (χ1v) is 5.48. The highest BCUT2D eigenvalue weighted by Crippen LogP contribution is 2.18. The molecule has 0 aliphatic carbocycles. The SMILES string of the molecule is CC(C)=CCn1nc(C(N)=O)c2ccccc21. The number of para-hydroxylation sites is 1. The van der Waals surface area contributed by atoms with Gasteiger partial charge in [-0.25, -0.2) is 0 Å². The van der Waals surface area contributed by atoms with E-state index in [0.29, 0.717) is 12.2 Å². The summed E-state index contributed by atoms with van der Waals surface area (Å²) in [4.78, 5) is 11.3. The summed E-state index contributed by atoms with van der Waals surface area (Å²) in [6, 6.07) is 7.60. The summed E-state index contributed by atoms with van der Waals surface area (Å²) in [6.45, 7) is 4.71. The number of fused-ring (bicyclic) bond motifs is 1. The maximum Gasteiger partial charge on any atom is 0.269 e. The van der Waals surface area contributed by atoms with Crippen molar-refractivity contribution in [2.75, 3.05) is 0 Å². The molecular weight excluding hydrogens is 214 g/mol. The van der Waals surface area contributed by atoms with Crippen molar-refractivity contribution >= 4 is 16.8 Å². The van der Waals surface area contributed by atoms with Crippen LogP contribution in [0.15, 0.2) is 35.9 Å². The lowest BCUT2D eigenvalue weighted by Crippen LogP contribution is -2.12. The fourth-order valence-corrected chi connectivity index (χ4v) is 1.72. The van der Waals surface area contributed by atoms with Gasteiger partial charge in [0.05, 0.1) is 12.1 Å². The molecular formula is C13H15N3O. The van der Waals surface area contributed by atoms with Crippen molar-refractivity contribution in [1.29, 1.82) is 0 Å². The predicted octanol–water partition coefficient (Wildman–Crippen LogP) is 2.10. The van der Waals surface area contributed by atoms with Crippen molar-refractivity contribution in [3.8, 4) is 0 Å². The Morgan fingerprint density at radius 3 is 2.76 bits per heavy atom. The molecule has 1 aromatic carbocycles. The largest absolute Gasteiger partial charge is 0.364 e. The van der Waals surface area contributed by atoms with Crippen LogP contribution >= 0.6 is 0 Å². The van der Waals surface area contributed by atoms with E-state index >= 15 is 0 Å². The quantitative estimate of drug-likeness (QED) is 0.819. The molecule has 4 heteroatoms. The van der Waals surface area contributed by atoms with Crippen LogP contribution in [0.3, 0.4) is 0 Å². The van der Waals surface area contributed by atoms with E-state index in [4.69, 9.17) is 5.73 Å². The number of nitrogens with two attached hydrogens (primary N) is 1. The minimum absolute atomic E-state index is 0.336. The van der Waals surface area contributed by atoms with Crippen LogP contribution in [0, 0.1) is 0 Å². The normalized spacial score (nSPS) is 10.5. The Bertz CT molecular complexity index is 592. The summed E-state index contributed by atoms with van der Waals surface area (Å²) in [6.07, 6.45) is 2.06. The van der Waals surface area contributed by atoms with Gasteiger partial charge in [0, 0.05) is 5.39 Å². The molecule has 0 spiro atoms. The van der Waals surface area contributed by atoms with Gasteiger partial charge in [-0.15, -0.1) is 0 Å². The van der Waals surface area contributed by atoms with Crippen molar-refractivity contribution < 1.29 is 4.79 Å². The standard InChI is InChI=1S/C13H15N3O/c1-9(2)7-8-16-11-6-4-3-5-10(11)12(15-16)13(14)17/h3-7H,8H2,1-2H3,(H2,14,17). The van der Waals surface area contributed by atoms with Gasteiger partial charge < -0.3 is 5.73 Å². The van der Waals surface area contributed by atoms with Gasteiger partial charge in [0.2, 0.25) is 0 Å². The number of rotatable bonds is 3.